The summed E-state index contributed by atoms with van der Waals surface area (Å²) in [6.07, 6.45) is 3.68. The molecule has 3 atom stereocenters. The van der Waals surface area contributed by atoms with Gasteiger partial charge in [-0.2, -0.15) is 0 Å². The number of hydrogen-bond donors (Lipinski definition) is 2. The zero-order valence-corrected chi connectivity index (χ0v) is 18.7. The third-order valence-electron chi connectivity index (χ3n) is 7.00. The van der Waals surface area contributed by atoms with Gasteiger partial charge in [0.15, 0.2) is 0 Å². The summed E-state index contributed by atoms with van der Waals surface area (Å²) in [5.74, 6) is 0.933. The Labute approximate surface area is 178 Å². The monoisotopic (exact) mass is 437 g/mol. The van der Waals surface area contributed by atoms with Gasteiger partial charge < -0.3 is 14.4 Å². The van der Waals surface area contributed by atoms with Crippen molar-refractivity contribution < 1.29 is 18.1 Å². The molecule has 1 aromatic heterocycles. The van der Waals surface area contributed by atoms with Gasteiger partial charge in [-0.1, -0.05) is 6.92 Å². The molecule has 2 fully saturated rings. The van der Waals surface area contributed by atoms with Crippen LogP contribution in [0.1, 0.15) is 51.1 Å². The minimum absolute atomic E-state index is 0.0141. The van der Waals surface area contributed by atoms with E-state index in [0.29, 0.717) is 30.8 Å². The van der Waals surface area contributed by atoms with Gasteiger partial charge in [-0.15, -0.1) is 0 Å². The molecule has 8 nitrogen and oxygen atoms in total. The molecule has 3 aliphatic rings. The third-order valence-corrected chi connectivity index (χ3v) is 8.48. The van der Waals surface area contributed by atoms with Crippen molar-refractivity contribution in [2.75, 3.05) is 36.7 Å². The van der Waals surface area contributed by atoms with Crippen LogP contribution >= 0.6 is 0 Å². The molecule has 0 saturated carbocycles. The zero-order chi connectivity index (χ0) is 21.5. The number of piperidine rings is 2. The number of quaternary nitrogens is 1. The van der Waals surface area contributed by atoms with Crippen molar-refractivity contribution in [2.24, 2.45) is 5.92 Å². The van der Waals surface area contributed by atoms with Crippen LogP contribution in [0.4, 0.5) is 5.69 Å². The predicted molar refractivity (Wildman–Crippen MR) is 115 cm³/mol. The van der Waals surface area contributed by atoms with E-state index in [1.807, 2.05) is 11.0 Å². The van der Waals surface area contributed by atoms with Crippen molar-refractivity contribution in [1.82, 2.24) is 9.47 Å². The van der Waals surface area contributed by atoms with Crippen molar-refractivity contribution in [3.8, 4) is 0 Å². The van der Waals surface area contributed by atoms with Gasteiger partial charge in [-0.3, -0.25) is 14.3 Å². The van der Waals surface area contributed by atoms with Gasteiger partial charge in [0.05, 0.1) is 24.9 Å². The number of anilines is 1. The van der Waals surface area contributed by atoms with Crippen LogP contribution in [0, 0.1) is 5.92 Å². The summed E-state index contributed by atoms with van der Waals surface area (Å²) < 4.78 is 28.5. The third kappa shape index (κ3) is 4.27. The Bertz CT molecular complexity index is 966. The summed E-state index contributed by atoms with van der Waals surface area (Å²) in [5, 5.41) is 0. The molecule has 0 aliphatic carbocycles. The molecule has 30 heavy (non-hydrogen) atoms. The largest absolute Gasteiger partial charge is 0.342 e. The number of fused-ring (bicyclic) bond motifs is 4. The first-order valence-corrected chi connectivity index (χ1v) is 12.8. The van der Waals surface area contributed by atoms with E-state index in [2.05, 4.69) is 4.72 Å². The van der Waals surface area contributed by atoms with Gasteiger partial charge >= 0.3 is 0 Å². The summed E-state index contributed by atoms with van der Waals surface area (Å²) in [5.41, 5.74) is 0.973. The summed E-state index contributed by atoms with van der Waals surface area (Å²) in [6, 6.07) is 4.15. The van der Waals surface area contributed by atoms with E-state index >= 15 is 0 Å². The first-order chi connectivity index (χ1) is 14.3. The van der Waals surface area contributed by atoms with Gasteiger partial charge in [0, 0.05) is 56.9 Å². The maximum absolute atomic E-state index is 13.0. The maximum Gasteiger partial charge on any atom is 0.275 e. The Hall–Kier alpha value is -1.87. The summed E-state index contributed by atoms with van der Waals surface area (Å²) in [6.45, 7) is 7.83. The average Bonchev–Trinajstić information content (AvgIpc) is 2.70. The molecule has 2 saturated heterocycles. The maximum atomic E-state index is 13.0. The molecule has 0 aromatic carbocycles. The second kappa shape index (κ2) is 8.34. The van der Waals surface area contributed by atoms with Crippen molar-refractivity contribution in [2.45, 2.75) is 58.0 Å². The molecular weight excluding hydrogens is 404 g/mol. The Morgan fingerprint density at radius 2 is 1.97 bits per heavy atom. The van der Waals surface area contributed by atoms with E-state index < -0.39 is 10.0 Å². The quantitative estimate of drug-likeness (QED) is 0.679. The van der Waals surface area contributed by atoms with Gasteiger partial charge in [-0.05, 0) is 25.0 Å². The molecule has 4 heterocycles. The van der Waals surface area contributed by atoms with Gasteiger partial charge in [-0.25, -0.2) is 8.42 Å². The number of carbonyl (C=O) groups is 1. The fraction of sp³-hybridized carbons (Fsp3) is 0.714. The number of carbonyl (C=O) groups excluding carboxylic acids is 1. The van der Waals surface area contributed by atoms with Crippen LogP contribution in [0.25, 0.3) is 0 Å². The minimum Gasteiger partial charge on any atom is -0.342 e. The smallest absolute Gasteiger partial charge is 0.275 e. The van der Waals surface area contributed by atoms with Gasteiger partial charge in [0.2, 0.25) is 15.9 Å². The SMILES string of the molecule is CCCS(=O)(=O)Nc1ccc2n(c1=O)C[C@H]1C[C@@H]2C[NH+](C2CCN(C(C)=O)CC2)C1. The summed E-state index contributed by atoms with van der Waals surface area (Å²) in [7, 11) is -3.48. The highest BCUT2D eigenvalue weighted by molar-refractivity contribution is 7.92. The standard InChI is InChI=1S/C21H32N4O4S/c1-3-10-30(28,29)22-19-4-5-20-17-11-16(13-25(20)21(19)27)12-24(14-17)18-6-8-23(9-7-18)15(2)26/h4-5,16-18,22H,3,6-14H2,1-2H3/p+1/t16-,17+/m0/s1. The molecule has 4 rings (SSSR count). The highest BCUT2D eigenvalue weighted by Gasteiger charge is 2.41. The molecular formula is C21H33N4O4S+. The molecule has 0 spiro atoms. The lowest BCUT2D eigenvalue weighted by molar-refractivity contribution is -0.937. The summed E-state index contributed by atoms with van der Waals surface area (Å²) in [4.78, 5) is 28.2. The lowest BCUT2D eigenvalue weighted by Crippen LogP contribution is -3.18. The number of pyridine rings is 1. The van der Waals surface area contributed by atoms with E-state index in [9.17, 15) is 18.0 Å². The van der Waals surface area contributed by atoms with E-state index in [1.165, 1.54) is 0 Å². The Morgan fingerprint density at radius 3 is 2.63 bits per heavy atom. The highest BCUT2D eigenvalue weighted by atomic mass is 32.2. The number of aromatic nitrogens is 1. The predicted octanol–water partition coefficient (Wildman–Crippen LogP) is 0.0129. The number of likely N-dealkylation sites (tertiary alicyclic amines) is 2. The van der Waals surface area contributed by atoms with Gasteiger partial charge in [0.1, 0.15) is 5.69 Å². The highest BCUT2D eigenvalue weighted by Crippen LogP contribution is 2.31. The topological polar surface area (TPSA) is 92.9 Å². The van der Waals surface area contributed by atoms with E-state index in [0.717, 1.165) is 51.1 Å². The van der Waals surface area contributed by atoms with E-state index in [1.54, 1.807) is 29.4 Å². The summed E-state index contributed by atoms with van der Waals surface area (Å²) >= 11 is 0. The van der Waals surface area contributed by atoms with Crippen LogP contribution in [-0.4, -0.2) is 61.8 Å². The lowest BCUT2D eigenvalue weighted by atomic mass is 9.82. The average molecular weight is 438 g/mol. The van der Waals surface area contributed by atoms with Crippen molar-refractivity contribution >= 4 is 21.6 Å². The first-order valence-electron chi connectivity index (χ1n) is 11.1. The second-order valence-electron chi connectivity index (χ2n) is 9.15. The van der Waals surface area contributed by atoms with Crippen LogP contribution < -0.4 is 15.2 Å². The number of amides is 1. The molecule has 1 unspecified atom stereocenters. The number of nitrogens with zero attached hydrogens (tertiary/aromatic N) is 2. The van der Waals surface area contributed by atoms with Crippen LogP contribution in [0.5, 0.6) is 0 Å². The molecule has 166 valence electrons. The second-order valence-corrected chi connectivity index (χ2v) is 11.0. The number of nitrogens with one attached hydrogen (secondary N) is 2. The first kappa shape index (κ1) is 21.4. The lowest BCUT2D eigenvalue weighted by Gasteiger charge is -2.45. The van der Waals surface area contributed by atoms with Crippen LogP contribution in [-0.2, 0) is 21.4 Å². The van der Waals surface area contributed by atoms with Crippen molar-refractivity contribution in [3.05, 3.63) is 28.2 Å². The van der Waals surface area contributed by atoms with E-state index in [-0.39, 0.29) is 22.9 Å². The molecule has 1 amide bonds. The molecule has 2 bridgehead atoms. The normalized spacial score (nSPS) is 26.9. The molecule has 9 heteroatoms. The van der Waals surface area contributed by atoms with E-state index in [4.69, 9.17) is 0 Å². The van der Waals surface area contributed by atoms with Crippen molar-refractivity contribution in [1.29, 1.82) is 0 Å². The fourth-order valence-corrected chi connectivity index (χ4v) is 6.73. The number of rotatable bonds is 5. The zero-order valence-electron chi connectivity index (χ0n) is 17.9. The van der Waals surface area contributed by atoms with Crippen LogP contribution in [0.3, 0.4) is 0 Å². The molecule has 3 aliphatic heterocycles. The van der Waals surface area contributed by atoms with Crippen molar-refractivity contribution in [3.63, 3.8) is 0 Å². The van der Waals surface area contributed by atoms with Gasteiger partial charge in [0.25, 0.3) is 5.56 Å². The molecule has 1 aromatic rings. The Balaban J connectivity index is 1.50. The number of hydrogen-bond acceptors (Lipinski definition) is 4. The molecule has 2 N–H and O–H groups in total. The molecule has 0 radical (unpaired) electrons. The minimum atomic E-state index is -3.48. The van der Waals surface area contributed by atoms with Crippen LogP contribution in [0.15, 0.2) is 16.9 Å². The van der Waals surface area contributed by atoms with Crippen LogP contribution in [0.2, 0.25) is 0 Å². The fourth-order valence-electron chi connectivity index (χ4n) is 5.60. The Kier molecular flexibility index (Phi) is 5.94. The Morgan fingerprint density at radius 1 is 1.23 bits per heavy atom. The number of sulfonamides is 1.